The minimum absolute atomic E-state index is 0. The number of halogens is 1. The molecule has 1 aromatic carbocycles. The molecule has 160 valence electrons. The molecule has 0 saturated carbocycles. The Morgan fingerprint density at radius 2 is 2.17 bits per heavy atom. The van der Waals surface area contributed by atoms with E-state index in [2.05, 4.69) is 58.0 Å². The summed E-state index contributed by atoms with van der Waals surface area (Å²) in [5.74, 6) is 2.17. The van der Waals surface area contributed by atoms with Crippen LogP contribution in [0.1, 0.15) is 35.2 Å². The number of nitrogens with one attached hydrogen (secondary N) is 2. The molecule has 1 aliphatic rings. The van der Waals surface area contributed by atoms with Crippen molar-refractivity contribution >= 4 is 41.3 Å². The van der Waals surface area contributed by atoms with Gasteiger partial charge in [-0.25, -0.2) is 4.98 Å². The number of benzene rings is 1. The molecule has 1 aliphatic heterocycles. The lowest BCUT2D eigenvalue weighted by atomic mass is 10.1. The lowest BCUT2D eigenvalue weighted by Crippen LogP contribution is -2.36. The fourth-order valence-electron chi connectivity index (χ4n) is 3.03. The van der Waals surface area contributed by atoms with Crippen LogP contribution in [-0.4, -0.2) is 37.8 Å². The number of ether oxygens (including phenoxy) is 2. The molecule has 1 unspecified atom stereocenters. The molecular weight excluding hydrogens is 499 g/mol. The molecule has 0 radical (unpaired) electrons. The first-order chi connectivity index (χ1) is 13.7. The summed E-state index contributed by atoms with van der Waals surface area (Å²) in [5, 5.41) is 9.96. The zero-order valence-electron chi connectivity index (χ0n) is 17.4. The summed E-state index contributed by atoms with van der Waals surface area (Å²) in [4.78, 5) is 8.90. The average molecular weight is 530 g/mol. The molecule has 3 rings (SSSR count). The molecule has 0 bridgehead atoms. The first-order valence-electron chi connectivity index (χ1n) is 9.85. The van der Waals surface area contributed by atoms with Gasteiger partial charge in [-0.05, 0) is 31.4 Å². The number of rotatable bonds is 8. The fraction of sp³-hybridized carbons (Fsp3) is 0.524. The minimum Gasteiger partial charge on any atom is -0.493 e. The molecule has 2 N–H and O–H groups in total. The van der Waals surface area contributed by atoms with Crippen molar-refractivity contribution in [2.45, 2.75) is 39.8 Å². The van der Waals surface area contributed by atoms with Crippen LogP contribution >= 0.6 is 35.3 Å². The maximum Gasteiger partial charge on any atom is 0.191 e. The smallest absolute Gasteiger partial charge is 0.191 e. The molecule has 6 nitrogen and oxygen atoms in total. The summed E-state index contributed by atoms with van der Waals surface area (Å²) in [6.07, 6.45) is 2.05. The van der Waals surface area contributed by atoms with E-state index in [1.54, 1.807) is 18.4 Å². The minimum atomic E-state index is 0. The lowest BCUT2D eigenvalue weighted by Gasteiger charge is -2.16. The van der Waals surface area contributed by atoms with Crippen LogP contribution in [0.25, 0.3) is 0 Å². The lowest BCUT2D eigenvalue weighted by molar-refractivity contribution is 0.166. The van der Waals surface area contributed by atoms with Crippen molar-refractivity contribution in [1.29, 1.82) is 0 Å². The molecule has 2 heterocycles. The standard InChI is InChI=1S/C21H30N4O2S.HI/c1-4-20-25-18(14-28-20)11-24-21(22-3)23-10-17-6-5-15(2)9-19(17)27-13-16-7-8-26-12-16;/h5-6,9,14,16H,4,7-8,10-13H2,1-3H3,(H2,22,23,24);1H. The van der Waals surface area contributed by atoms with Crippen molar-refractivity contribution in [2.24, 2.45) is 10.9 Å². The number of thiazole rings is 1. The van der Waals surface area contributed by atoms with Crippen molar-refractivity contribution in [3.05, 3.63) is 45.4 Å². The van der Waals surface area contributed by atoms with E-state index in [0.29, 0.717) is 25.6 Å². The Kier molecular flexibility index (Phi) is 10.2. The molecule has 1 aromatic heterocycles. The van der Waals surface area contributed by atoms with Crippen LogP contribution in [0, 0.1) is 12.8 Å². The molecule has 2 aromatic rings. The van der Waals surface area contributed by atoms with Crippen LogP contribution in [-0.2, 0) is 24.2 Å². The highest BCUT2D eigenvalue weighted by Gasteiger charge is 2.17. The van der Waals surface area contributed by atoms with Crippen LogP contribution in [0.4, 0.5) is 0 Å². The Bertz CT molecular complexity index is 791. The summed E-state index contributed by atoms with van der Waals surface area (Å²) in [6.45, 7) is 7.86. The Balaban J connectivity index is 0.00000300. The Labute approximate surface area is 194 Å². The average Bonchev–Trinajstić information content (AvgIpc) is 3.39. The molecule has 8 heteroatoms. The van der Waals surface area contributed by atoms with Crippen molar-refractivity contribution < 1.29 is 9.47 Å². The van der Waals surface area contributed by atoms with Crippen LogP contribution in [0.15, 0.2) is 28.6 Å². The molecular formula is C21H31IN4O2S. The third-order valence-electron chi connectivity index (χ3n) is 4.73. The molecule has 0 aliphatic carbocycles. The second-order valence-electron chi connectivity index (χ2n) is 7.02. The SMILES string of the molecule is CCc1nc(CNC(=NC)NCc2ccc(C)cc2OCC2CCOC2)cs1.I. The van der Waals surface area contributed by atoms with Gasteiger partial charge in [0.2, 0.25) is 0 Å². The van der Waals surface area contributed by atoms with Gasteiger partial charge in [-0.3, -0.25) is 4.99 Å². The highest BCUT2D eigenvalue weighted by molar-refractivity contribution is 14.0. The van der Waals surface area contributed by atoms with Gasteiger partial charge in [-0.2, -0.15) is 0 Å². The molecule has 29 heavy (non-hydrogen) atoms. The Morgan fingerprint density at radius 3 is 2.86 bits per heavy atom. The van der Waals surface area contributed by atoms with Crippen molar-refractivity contribution in [3.63, 3.8) is 0 Å². The number of aliphatic imine (C=N–C) groups is 1. The molecule has 0 amide bonds. The van der Waals surface area contributed by atoms with Gasteiger partial charge in [0, 0.05) is 37.1 Å². The van der Waals surface area contributed by atoms with Crippen LogP contribution < -0.4 is 15.4 Å². The van der Waals surface area contributed by atoms with E-state index in [1.807, 2.05) is 0 Å². The second kappa shape index (κ2) is 12.3. The van der Waals surface area contributed by atoms with E-state index in [-0.39, 0.29) is 24.0 Å². The number of hydrogen-bond acceptors (Lipinski definition) is 5. The van der Waals surface area contributed by atoms with Crippen LogP contribution in [0.2, 0.25) is 0 Å². The summed E-state index contributed by atoms with van der Waals surface area (Å²) >= 11 is 1.70. The van der Waals surface area contributed by atoms with Crippen LogP contribution in [0.5, 0.6) is 5.75 Å². The first-order valence-corrected chi connectivity index (χ1v) is 10.7. The maximum absolute atomic E-state index is 6.12. The van der Waals surface area contributed by atoms with Gasteiger partial charge in [0.15, 0.2) is 5.96 Å². The van der Waals surface area contributed by atoms with Crippen molar-refractivity contribution in [1.82, 2.24) is 15.6 Å². The van der Waals surface area contributed by atoms with E-state index in [9.17, 15) is 0 Å². The van der Waals surface area contributed by atoms with Gasteiger partial charge in [-0.15, -0.1) is 35.3 Å². The summed E-state index contributed by atoms with van der Waals surface area (Å²) in [7, 11) is 1.78. The number of aryl methyl sites for hydroxylation is 2. The van der Waals surface area contributed by atoms with Gasteiger partial charge in [0.05, 0.1) is 30.5 Å². The predicted octanol–water partition coefficient (Wildman–Crippen LogP) is 3.91. The number of hydrogen-bond donors (Lipinski definition) is 2. The van der Waals surface area contributed by atoms with Gasteiger partial charge in [-0.1, -0.05) is 19.1 Å². The zero-order chi connectivity index (χ0) is 19.8. The molecule has 0 spiro atoms. The largest absolute Gasteiger partial charge is 0.493 e. The van der Waals surface area contributed by atoms with Crippen LogP contribution in [0.3, 0.4) is 0 Å². The quantitative estimate of drug-likeness (QED) is 0.308. The molecule has 1 atom stereocenters. The maximum atomic E-state index is 6.12. The van der Waals surface area contributed by atoms with Gasteiger partial charge >= 0.3 is 0 Å². The first kappa shape index (κ1) is 23.9. The fourth-order valence-corrected chi connectivity index (χ4v) is 3.78. The van der Waals surface area contributed by atoms with E-state index in [1.165, 1.54) is 5.56 Å². The van der Waals surface area contributed by atoms with Crippen molar-refractivity contribution in [2.75, 3.05) is 26.9 Å². The van der Waals surface area contributed by atoms with Gasteiger partial charge in [0.25, 0.3) is 0 Å². The number of aromatic nitrogens is 1. The summed E-state index contributed by atoms with van der Waals surface area (Å²) < 4.78 is 11.6. The highest BCUT2D eigenvalue weighted by Crippen LogP contribution is 2.22. The predicted molar refractivity (Wildman–Crippen MR) is 130 cm³/mol. The molecule has 1 fully saturated rings. The van der Waals surface area contributed by atoms with E-state index in [4.69, 9.17) is 9.47 Å². The Hall–Kier alpha value is -1.39. The summed E-state index contributed by atoms with van der Waals surface area (Å²) in [5.41, 5.74) is 3.36. The van der Waals surface area contributed by atoms with E-state index >= 15 is 0 Å². The van der Waals surface area contributed by atoms with E-state index < -0.39 is 0 Å². The highest BCUT2D eigenvalue weighted by atomic mass is 127. The molecule has 1 saturated heterocycles. The monoisotopic (exact) mass is 530 g/mol. The topological polar surface area (TPSA) is 67.8 Å². The van der Waals surface area contributed by atoms with E-state index in [0.717, 1.165) is 54.0 Å². The normalized spacial score (nSPS) is 16.4. The second-order valence-corrected chi connectivity index (χ2v) is 7.96. The third kappa shape index (κ3) is 7.42. The van der Waals surface area contributed by atoms with Gasteiger partial charge in [0.1, 0.15) is 5.75 Å². The zero-order valence-corrected chi connectivity index (χ0v) is 20.5. The van der Waals surface area contributed by atoms with Crippen molar-refractivity contribution in [3.8, 4) is 5.75 Å². The Morgan fingerprint density at radius 1 is 1.34 bits per heavy atom. The number of guanidine groups is 1. The summed E-state index contributed by atoms with van der Waals surface area (Å²) in [6, 6.07) is 6.33. The van der Waals surface area contributed by atoms with Gasteiger partial charge < -0.3 is 20.1 Å². The number of nitrogens with zero attached hydrogens (tertiary/aromatic N) is 2. The third-order valence-corrected chi connectivity index (χ3v) is 5.77.